The van der Waals surface area contributed by atoms with Crippen molar-refractivity contribution in [2.45, 2.75) is 66.1 Å². The number of nitrogens with zero attached hydrogens (tertiary/aromatic N) is 2. The second-order valence-corrected chi connectivity index (χ2v) is 5.17. The van der Waals surface area contributed by atoms with Gasteiger partial charge in [-0.15, -0.1) is 0 Å². The van der Waals surface area contributed by atoms with Crippen LogP contribution in [0, 0.1) is 5.92 Å². The standard InChI is InChI=1S/C14H27N3/c1-6-14(7-2)17-9-8-13(16-17)10-15-12(5)11(3)4/h8-9,11-12,14-15H,6-7,10H2,1-5H3. The lowest BCUT2D eigenvalue weighted by molar-refractivity contribution is 0.408. The maximum atomic E-state index is 4.64. The summed E-state index contributed by atoms with van der Waals surface area (Å²) in [6, 6.07) is 3.21. The molecule has 0 saturated carbocycles. The van der Waals surface area contributed by atoms with Crippen molar-refractivity contribution in [1.82, 2.24) is 15.1 Å². The molecule has 1 aromatic rings. The van der Waals surface area contributed by atoms with Gasteiger partial charge < -0.3 is 5.32 Å². The van der Waals surface area contributed by atoms with Crippen LogP contribution in [0.1, 0.15) is 59.2 Å². The first-order valence-electron chi connectivity index (χ1n) is 6.85. The summed E-state index contributed by atoms with van der Waals surface area (Å²) >= 11 is 0. The van der Waals surface area contributed by atoms with Crippen LogP contribution in [0.25, 0.3) is 0 Å². The minimum atomic E-state index is 0.535. The molecule has 1 rings (SSSR count). The molecular formula is C14H27N3. The number of aromatic nitrogens is 2. The Morgan fingerprint density at radius 2 is 1.88 bits per heavy atom. The summed E-state index contributed by atoms with van der Waals surface area (Å²) in [4.78, 5) is 0. The summed E-state index contributed by atoms with van der Waals surface area (Å²) in [6.45, 7) is 12.0. The Balaban J connectivity index is 2.51. The fraction of sp³-hybridized carbons (Fsp3) is 0.786. The highest BCUT2D eigenvalue weighted by Gasteiger charge is 2.09. The van der Waals surface area contributed by atoms with Gasteiger partial charge in [0.25, 0.3) is 0 Å². The van der Waals surface area contributed by atoms with Gasteiger partial charge in [-0.1, -0.05) is 27.7 Å². The third-order valence-electron chi connectivity index (χ3n) is 3.59. The number of hydrogen-bond acceptors (Lipinski definition) is 2. The van der Waals surface area contributed by atoms with Crippen molar-refractivity contribution in [2.75, 3.05) is 0 Å². The topological polar surface area (TPSA) is 29.9 Å². The molecule has 0 fully saturated rings. The molecule has 17 heavy (non-hydrogen) atoms. The molecule has 0 aliphatic carbocycles. The van der Waals surface area contributed by atoms with Crippen LogP contribution in [0.15, 0.2) is 12.3 Å². The zero-order valence-corrected chi connectivity index (χ0v) is 11.9. The molecule has 1 atom stereocenters. The highest BCUT2D eigenvalue weighted by atomic mass is 15.3. The first-order chi connectivity index (χ1) is 8.08. The van der Waals surface area contributed by atoms with Gasteiger partial charge in [-0.25, -0.2) is 0 Å². The smallest absolute Gasteiger partial charge is 0.0762 e. The van der Waals surface area contributed by atoms with Crippen LogP contribution in [0.2, 0.25) is 0 Å². The number of nitrogens with one attached hydrogen (secondary N) is 1. The predicted molar refractivity (Wildman–Crippen MR) is 73.0 cm³/mol. The van der Waals surface area contributed by atoms with Gasteiger partial charge in [-0.3, -0.25) is 4.68 Å². The van der Waals surface area contributed by atoms with Crippen LogP contribution >= 0.6 is 0 Å². The average molecular weight is 237 g/mol. The number of hydrogen-bond donors (Lipinski definition) is 1. The summed E-state index contributed by atoms with van der Waals surface area (Å²) in [6.07, 6.45) is 4.40. The molecule has 0 aliphatic rings. The summed E-state index contributed by atoms with van der Waals surface area (Å²) in [5.74, 6) is 0.663. The summed E-state index contributed by atoms with van der Waals surface area (Å²) < 4.78 is 2.11. The van der Waals surface area contributed by atoms with E-state index in [9.17, 15) is 0 Å². The van der Waals surface area contributed by atoms with Gasteiger partial charge in [0.1, 0.15) is 0 Å². The summed E-state index contributed by atoms with van der Waals surface area (Å²) in [7, 11) is 0. The van der Waals surface area contributed by atoms with E-state index in [1.807, 2.05) is 0 Å². The first kappa shape index (κ1) is 14.2. The Labute approximate surface area is 106 Å². The van der Waals surface area contributed by atoms with Crippen LogP contribution in [-0.2, 0) is 6.54 Å². The Hall–Kier alpha value is -0.830. The largest absolute Gasteiger partial charge is 0.308 e. The lowest BCUT2D eigenvalue weighted by Gasteiger charge is -2.16. The Kier molecular flexibility index (Phi) is 5.69. The predicted octanol–water partition coefficient (Wildman–Crippen LogP) is 3.38. The third kappa shape index (κ3) is 4.15. The third-order valence-corrected chi connectivity index (χ3v) is 3.59. The van der Waals surface area contributed by atoms with Crippen molar-refractivity contribution >= 4 is 0 Å². The van der Waals surface area contributed by atoms with Crippen molar-refractivity contribution < 1.29 is 0 Å². The van der Waals surface area contributed by atoms with Crippen LogP contribution in [0.4, 0.5) is 0 Å². The molecular weight excluding hydrogens is 210 g/mol. The SMILES string of the molecule is CCC(CC)n1ccc(CNC(C)C(C)C)n1. The van der Waals surface area contributed by atoms with Gasteiger partial charge in [0.15, 0.2) is 0 Å². The van der Waals surface area contributed by atoms with Crippen molar-refractivity contribution in [3.8, 4) is 0 Å². The Bertz CT molecular complexity index is 313. The molecule has 0 aliphatic heterocycles. The molecule has 0 aromatic carbocycles. The first-order valence-corrected chi connectivity index (χ1v) is 6.85. The summed E-state index contributed by atoms with van der Waals surface area (Å²) in [5, 5.41) is 8.15. The maximum Gasteiger partial charge on any atom is 0.0762 e. The molecule has 1 unspecified atom stereocenters. The van der Waals surface area contributed by atoms with E-state index in [1.165, 1.54) is 0 Å². The fourth-order valence-electron chi connectivity index (χ4n) is 1.84. The van der Waals surface area contributed by atoms with E-state index in [0.29, 0.717) is 18.0 Å². The van der Waals surface area contributed by atoms with E-state index in [1.54, 1.807) is 0 Å². The van der Waals surface area contributed by atoms with Gasteiger partial charge in [-0.2, -0.15) is 5.10 Å². The molecule has 1 heterocycles. The van der Waals surface area contributed by atoms with E-state index in [4.69, 9.17) is 0 Å². The van der Waals surface area contributed by atoms with Crippen molar-refractivity contribution in [3.63, 3.8) is 0 Å². The molecule has 3 nitrogen and oxygen atoms in total. The lowest BCUT2D eigenvalue weighted by atomic mass is 10.1. The molecule has 0 bridgehead atoms. The highest BCUT2D eigenvalue weighted by Crippen LogP contribution is 2.14. The van der Waals surface area contributed by atoms with Crippen molar-refractivity contribution in [1.29, 1.82) is 0 Å². The molecule has 1 aromatic heterocycles. The minimum absolute atomic E-state index is 0.535. The normalized spacial score (nSPS) is 13.6. The van der Waals surface area contributed by atoms with E-state index < -0.39 is 0 Å². The molecule has 1 N–H and O–H groups in total. The molecule has 0 amide bonds. The van der Waals surface area contributed by atoms with E-state index in [2.05, 4.69) is 62.0 Å². The molecule has 0 radical (unpaired) electrons. The zero-order chi connectivity index (χ0) is 12.8. The van der Waals surface area contributed by atoms with Crippen LogP contribution < -0.4 is 5.32 Å². The Morgan fingerprint density at radius 1 is 1.24 bits per heavy atom. The fourth-order valence-corrected chi connectivity index (χ4v) is 1.84. The number of rotatable bonds is 7. The van der Waals surface area contributed by atoms with Crippen molar-refractivity contribution in [3.05, 3.63) is 18.0 Å². The van der Waals surface area contributed by atoms with Gasteiger partial charge >= 0.3 is 0 Å². The van der Waals surface area contributed by atoms with Gasteiger partial charge in [0, 0.05) is 18.8 Å². The Morgan fingerprint density at radius 3 is 2.41 bits per heavy atom. The summed E-state index contributed by atoms with van der Waals surface area (Å²) in [5.41, 5.74) is 1.14. The van der Waals surface area contributed by atoms with Crippen LogP contribution in [0.5, 0.6) is 0 Å². The van der Waals surface area contributed by atoms with Gasteiger partial charge in [0.05, 0.1) is 11.7 Å². The second-order valence-electron chi connectivity index (χ2n) is 5.17. The zero-order valence-electron chi connectivity index (χ0n) is 11.9. The van der Waals surface area contributed by atoms with E-state index in [0.717, 1.165) is 25.1 Å². The van der Waals surface area contributed by atoms with Gasteiger partial charge in [0.2, 0.25) is 0 Å². The molecule has 0 spiro atoms. The van der Waals surface area contributed by atoms with Crippen LogP contribution in [0.3, 0.4) is 0 Å². The molecule has 98 valence electrons. The van der Waals surface area contributed by atoms with Crippen molar-refractivity contribution in [2.24, 2.45) is 5.92 Å². The molecule has 3 heteroatoms. The molecule has 0 saturated heterocycles. The van der Waals surface area contributed by atoms with E-state index >= 15 is 0 Å². The maximum absolute atomic E-state index is 4.64. The second kappa shape index (κ2) is 6.80. The van der Waals surface area contributed by atoms with Crippen LogP contribution in [-0.4, -0.2) is 15.8 Å². The van der Waals surface area contributed by atoms with Gasteiger partial charge in [-0.05, 0) is 31.7 Å². The highest BCUT2D eigenvalue weighted by molar-refractivity contribution is 4.99. The lowest BCUT2D eigenvalue weighted by Crippen LogP contribution is -2.30. The average Bonchev–Trinajstić information content (AvgIpc) is 2.76. The quantitative estimate of drug-likeness (QED) is 0.788. The minimum Gasteiger partial charge on any atom is -0.308 e. The van der Waals surface area contributed by atoms with E-state index in [-0.39, 0.29) is 0 Å². The monoisotopic (exact) mass is 237 g/mol.